The van der Waals surface area contributed by atoms with Crippen LogP contribution in [-0.2, 0) is 24.5 Å². The van der Waals surface area contributed by atoms with Crippen molar-refractivity contribution in [2.75, 3.05) is 13.2 Å². The third kappa shape index (κ3) is 4.26. The minimum absolute atomic E-state index is 0.195. The minimum Gasteiger partial charge on any atom is -0.257 e. The zero-order valence-corrected chi connectivity index (χ0v) is 13.9. The van der Waals surface area contributed by atoms with Crippen LogP contribution in [0, 0.1) is 6.92 Å². The number of nitrogens with zero attached hydrogens (tertiary/aromatic N) is 1. The molecule has 2 N–H and O–H groups in total. The van der Waals surface area contributed by atoms with Crippen LogP contribution < -0.4 is 5.14 Å². The van der Waals surface area contributed by atoms with E-state index in [2.05, 4.69) is 4.18 Å². The van der Waals surface area contributed by atoms with Crippen LogP contribution >= 0.6 is 0 Å². The largest absolute Gasteiger partial charge is 0.333 e. The summed E-state index contributed by atoms with van der Waals surface area (Å²) in [5, 5.41) is 4.82. The lowest BCUT2D eigenvalue weighted by molar-refractivity contribution is 0.173. The first-order chi connectivity index (χ1) is 10.2. The Morgan fingerprint density at radius 2 is 1.82 bits per heavy atom. The summed E-state index contributed by atoms with van der Waals surface area (Å²) in [5.74, 6) is 0. The molecule has 22 heavy (non-hydrogen) atoms. The molecule has 7 nitrogen and oxygen atoms in total. The van der Waals surface area contributed by atoms with E-state index in [4.69, 9.17) is 5.14 Å². The first-order valence-corrected chi connectivity index (χ1v) is 9.87. The van der Waals surface area contributed by atoms with Gasteiger partial charge in [-0.2, -0.15) is 12.7 Å². The van der Waals surface area contributed by atoms with Gasteiger partial charge in [-0.1, -0.05) is 24.1 Å². The molecule has 0 radical (unpaired) electrons. The Hall–Kier alpha value is -1.00. The molecule has 0 unspecified atom stereocenters. The van der Waals surface area contributed by atoms with E-state index in [9.17, 15) is 16.8 Å². The van der Waals surface area contributed by atoms with Gasteiger partial charge in [0.1, 0.15) is 0 Å². The molecule has 1 saturated heterocycles. The highest BCUT2D eigenvalue weighted by Gasteiger charge is 2.34. The summed E-state index contributed by atoms with van der Waals surface area (Å²) in [4.78, 5) is 0.195. The molecule has 1 aromatic carbocycles. The van der Waals surface area contributed by atoms with E-state index in [1.54, 1.807) is 24.3 Å². The zero-order chi connectivity index (χ0) is 16.4. The fourth-order valence-corrected chi connectivity index (χ4v) is 4.50. The lowest BCUT2D eigenvalue weighted by atomic mass is 10.1. The average molecular weight is 348 g/mol. The fourth-order valence-electron chi connectivity index (χ4n) is 2.48. The fraction of sp³-hybridized carbons (Fsp3) is 0.538. The van der Waals surface area contributed by atoms with Gasteiger partial charge in [-0.3, -0.25) is 4.18 Å². The number of sulfonamides is 1. The second kappa shape index (κ2) is 6.63. The van der Waals surface area contributed by atoms with Gasteiger partial charge in [0.2, 0.25) is 10.0 Å². The van der Waals surface area contributed by atoms with Gasteiger partial charge in [0, 0.05) is 6.54 Å². The quantitative estimate of drug-likeness (QED) is 0.845. The third-order valence-electron chi connectivity index (χ3n) is 3.63. The lowest BCUT2D eigenvalue weighted by Crippen LogP contribution is -2.46. The number of piperidine rings is 1. The normalized spacial score (nSPS) is 20.9. The van der Waals surface area contributed by atoms with E-state index in [0.717, 1.165) is 18.4 Å². The molecule has 9 heteroatoms. The summed E-state index contributed by atoms with van der Waals surface area (Å²) in [6.45, 7) is 1.96. The van der Waals surface area contributed by atoms with Gasteiger partial charge in [-0.05, 0) is 31.9 Å². The number of nitrogens with two attached hydrogens (primary N) is 1. The lowest BCUT2D eigenvalue weighted by Gasteiger charge is -2.34. The van der Waals surface area contributed by atoms with Crippen molar-refractivity contribution in [3.63, 3.8) is 0 Å². The average Bonchev–Trinajstić information content (AvgIpc) is 2.45. The van der Waals surface area contributed by atoms with Crippen LogP contribution in [0.5, 0.6) is 0 Å². The van der Waals surface area contributed by atoms with Crippen LogP contribution in [0.1, 0.15) is 24.8 Å². The Kier molecular flexibility index (Phi) is 5.23. The van der Waals surface area contributed by atoms with Crippen LogP contribution in [0.15, 0.2) is 29.2 Å². The molecule has 2 rings (SSSR count). The maximum absolute atomic E-state index is 12.7. The van der Waals surface area contributed by atoms with Crippen molar-refractivity contribution in [1.82, 2.24) is 4.31 Å². The van der Waals surface area contributed by atoms with Crippen molar-refractivity contribution in [2.45, 2.75) is 37.1 Å². The van der Waals surface area contributed by atoms with Crippen molar-refractivity contribution in [3.05, 3.63) is 29.8 Å². The summed E-state index contributed by atoms with van der Waals surface area (Å²) in [6.07, 6.45) is 2.09. The molecule has 1 heterocycles. The molecular weight excluding hydrogens is 328 g/mol. The third-order valence-corrected chi connectivity index (χ3v) is 6.06. The molecule has 1 aromatic rings. The molecule has 1 fully saturated rings. The molecule has 1 aliphatic heterocycles. The molecule has 0 amide bonds. The van der Waals surface area contributed by atoms with Crippen LogP contribution in [0.4, 0.5) is 0 Å². The van der Waals surface area contributed by atoms with E-state index in [1.807, 2.05) is 6.92 Å². The van der Waals surface area contributed by atoms with E-state index in [-0.39, 0.29) is 11.5 Å². The van der Waals surface area contributed by atoms with Crippen molar-refractivity contribution >= 4 is 20.3 Å². The highest BCUT2D eigenvalue weighted by Crippen LogP contribution is 2.26. The van der Waals surface area contributed by atoms with Crippen LogP contribution in [0.2, 0.25) is 0 Å². The first kappa shape index (κ1) is 17.4. The predicted octanol–water partition coefficient (Wildman–Crippen LogP) is 0.758. The van der Waals surface area contributed by atoms with Gasteiger partial charge in [-0.25, -0.2) is 13.6 Å². The number of hydrogen-bond acceptors (Lipinski definition) is 5. The van der Waals surface area contributed by atoms with Gasteiger partial charge < -0.3 is 0 Å². The van der Waals surface area contributed by atoms with Gasteiger partial charge in [0.05, 0.1) is 17.5 Å². The number of rotatable bonds is 5. The Balaban J connectivity index is 2.24. The predicted molar refractivity (Wildman–Crippen MR) is 81.8 cm³/mol. The molecule has 1 atom stereocenters. The number of hydrogen-bond donors (Lipinski definition) is 1. The van der Waals surface area contributed by atoms with E-state index < -0.39 is 26.4 Å². The molecular formula is C13H20N2O5S2. The maximum atomic E-state index is 12.7. The minimum atomic E-state index is -4.08. The van der Waals surface area contributed by atoms with E-state index >= 15 is 0 Å². The second-order valence-corrected chi connectivity index (χ2v) is 8.47. The Labute approximate surface area is 131 Å². The molecule has 0 aliphatic carbocycles. The second-order valence-electron chi connectivity index (χ2n) is 5.36. The zero-order valence-electron chi connectivity index (χ0n) is 12.3. The summed E-state index contributed by atoms with van der Waals surface area (Å²) in [5.41, 5.74) is 0.965. The Bertz CT molecular complexity index is 713. The molecule has 1 aliphatic rings. The van der Waals surface area contributed by atoms with Gasteiger partial charge >= 0.3 is 10.3 Å². The first-order valence-electron chi connectivity index (χ1n) is 6.96. The van der Waals surface area contributed by atoms with Crippen molar-refractivity contribution in [2.24, 2.45) is 5.14 Å². The molecule has 0 aromatic heterocycles. The number of benzene rings is 1. The topological polar surface area (TPSA) is 107 Å². The Morgan fingerprint density at radius 3 is 2.41 bits per heavy atom. The standard InChI is InChI=1S/C13H20N2O5S2/c1-11-5-7-13(8-6-11)21(16,17)15-9-3-2-4-12(15)10-20-22(14,18)19/h5-8,12H,2-4,9-10H2,1H3,(H2,14,18,19)/t12-/m0/s1. The highest BCUT2D eigenvalue weighted by molar-refractivity contribution is 7.89. The summed E-state index contributed by atoms with van der Waals surface area (Å²) < 4.78 is 53.2. The van der Waals surface area contributed by atoms with Crippen LogP contribution in [0.3, 0.4) is 0 Å². The molecule has 124 valence electrons. The van der Waals surface area contributed by atoms with E-state index in [1.165, 1.54) is 4.31 Å². The molecule has 0 saturated carbocycles. The van der Waals surface area contributed by atoms with Crippen LogP contribution in [0.25, 0.3) is 0 Å². The van der Waals surface area contributed by atoms with Crippen molar-refractivity contribution in [1.29, 1.82) is 0 Å². The summed E-state index contributed by atoms with van der Waals surface area (Å²) in [7, 11) is -7.76. The molecule has 0 bridgehead atoms. The van der Waals surface area contributed by atoms with E-state index in [0.29, 0.717) is 13.0 Å². The van der Waals surface area contributed by atoms with Gasteiger partial charge in [0.15, 0.2) is 0 Å². The monoisotopic (exact) mass is 348 g/mol. The smallest absolute Gasteiger partial charge is 0.257 e. The summed E-state index contributed by atoms with van der Waals surface area (Å²) in [6, 6.07) is 6.03. The maximum Gasteiger partial charge on any atom is 0.333 e. The highest BCUT2D eigenvalue weighted by atomic mass is 32.2. The number of aryl methyl sites for hydroxylation is 1. The van der Waals surface area contributed by atoms with Crippen molar-refractivity contribution < 1.29 is 21.0 Å². The SMILES string of the molecule is Cc1ccc(S(=O)(=O)N2CCCC[C@H]2COS(N)(=O)=O)cc1. The van der Waals surface area contributed by atoms with Gasteiger partial charge in [0.25, 0.3) is 0 Å². The Morgan fingerprint density at radius 1 is 1.18 bits per heavy atom. The van der Waals surface area contributed by atoms with Crippen molar-refractivity contribution in [3.8, 4) is 0 Å². The van der Waals surface area contributed by atoms with Gasteiger partial charge in [-0.15, -0.1) is 0 Å². The summed E-state index contributed by atoms with van der Waals surface area (Å²) >= 11 is 0. The van der Waals surface area contributed by atoms with Crippen LogP contribution in [-0.4, -0.2) is 40.3 Å². The molecule has 0 spiro atoms.